The number of carbonyl (C=O) groups is 1. The van der Waals surface area contributed by atoms with Crippen LogP contribution in [0.5, 0.6) is 0 Å². The van der Waals surface area contributed by atoms with Crippen molar-refractivity contribution in [1.82, 2.24) is 9.29 Å². The Morgan fingerprint density at radius 3 is 2.52 bits per heavy atom. The Hall–Kier alpha value is -2.28. The molecule has 1 heterocycles. The molecule has 1 aromatic heterocycles. The molecule has 178 valence electrons. The first kappa shape index (κ1) is 25.3. The SMILES string of the molecule is CCN(CC)S(=O)(=O)c1ccc2oc(SCC(=O)Nc3ccc(Cl)cc3C(F)(F)F)nc2c1. The zero-order valence-electron chi connectivity index (χ0n) is 17.4. The number of halogens is 4. The van der Waals surface area contributed by atoms with Crippen LogP contribution in [0.4, 0.5) is 18.9 Å². The van der Waals surface area contributed by atoms with Crippen LogP contribution in [-0.2, 0) is 21.0 Å². The minimum Gasteiger partial charge on any atom is -0.431 e. The summed E-state index contributed by atoms with van der Waals surface area (Å²) >= 11 is 6.50. The predicted molar refractivity (Wildman–Crippen MR) is 120 cm³/mol. The minimum absolute atomic E-state index is 0.0590. The van der Waals surface area contributed by atoms with Crippen LogP contribution in [0.25, 0.3) is 11.1 Å². The third-order valence-corrected chi connectivity index (χ3v) is 7.68. The van der Waals surface area contributed by atoms with Crippen molar-refractivity contribution in [2.24, 2.45) is 0 Å². The van der Waals surface area contributed by atoms with Gasteiger partial charge in [0.15, 0.2) is 5.58 Å². The van der Waals surface area contributed by atoms with Crippen LogP contribution in [0.1, 0.15) is 19.4 Å². The van der Waals surface area contributed by atoms with Gasteiger partial charge in [0.25, 0.3) is 5.22 Å². The lowest BCUT2D eigenvalue weighted by molar-refractivity contribution is -0.137. The second-order valence-corrected chi connectivity index (χ2v) is 10.0. The van der Waals surface area contributed by atoms with Gasteiger partial charge in [0.2, 0.25) is 15.9 Å². The number of carbonyl (C=O) groups excluding carboxylic acids is 1. The van der Waals surface area contributed by atoms with Crippen molar-refractivity contribution in [2.45, 2.75) is 30.1 Å². The van der Waals surface area contributed by atoms with Crippen LogP contribution < -0.4 is 5.32 Å². The number of alkyl halides is 3. The first-order valence-electron chi connectivity index (χ1n) is 9.65. The van der Waals surface area contributed by atoms with Gasteiger partial charge in [0, 0.05) is 18.1 Å². The molecular formula is C20H19ClF3N3O4S2. The minimum atomic E-state index is -4.69. The molecular weight excluding hydrogens is 503 g/mol. The van der Waals surface area contributed by atoms with Crippen LogP contribution in [0, 0.1) is 0 Å². The standard InChI is InChI=1S/C20H19ClF3N3O4S2/c1-3-27(4-2)33(29,30)13-6-8-17-16(10-13)26-19(31-17)32-11-18(28)25-15-7-5-12(21)9-14(15)20(22,23)24/h5-10H,3-4,11H2,1-2H3,(H,25,28). The van der Waals surface area contributed by atoms with Gasteiger partial charge in [-0.2, -0.15) is 17.5 Å². The smallest absolute Gasteiger partial charge is 0.418 e. The quantitative estimate of drug-likeness (QED) is 0.406. The fraction of sp³-hybridized carbons (Fsp3) is 0.300. The molecule has 0 unspecified atom stereocenters. The van der Waals surface area contributed by atoms with Gasteiger partial charge in [-0.3, -0.25) is 4.79 Å². The number of hydrogen-bond acceptors (Lipinski definition) is 6. The van der Waals surface area contributed by atoms with E-state index < -0.39 is 33.4 Å². The molecule has 0 aliphatic carbocycles. The molecule has 0 atom stereocenters. The fourth-order valence-corrected chi connectivity index (χ4v) is 5.28. The summed E-state index contributed by atoms with van der Waals surface area (Å²) in [6.07, 6.45) is -4.69. The van der Waals surface area contributed by atoms with E-state index in [0.717, 1.165) is 23.9 Å². The molecule has 33 heavy (non-hydrogen) atoms. The first-order chi connectivity index (χ1) is 15.5. The number of nitrogens with zero attached hydrogens (tertiary/aromatic N) is 2. The largest absolute Gasteiger partial charge is 0.431 e. The molecule has 0 aliphatic rings. The van der Waals surface area contributed by atoms with Crippen LogP contribution in [-0.4, -0.2) is 42.5 Å². The molecule has 1 N–H and O–H groups in total. The lowest BCUT2D eigenvalue weighted by atomic mass is 10.1. The molecule has 0 saturated carbocycles. The van der Waals surface area contributed by atoms with Crippen molar-refractivity contribution in [3.05, 3.63) is 47.0 Å². The Balaban J connectivity index is 1.73. The highest BCUT2D eigenvalue weighted by molar-refractivity contribution is 7.99. The van der Waals surface area contributed by atoms with E-state index in [9.17, 15) is 26.4 Å². The number of benzene rings is 2. The van der Waals surface area contributed by atoms with Crippen LogP contribution >= 0.6 is 23.4 Å². The van der Waals surface area contributed by atoms with Gasteiger partial charge in [-0.15, -0.1) is 0 Å². The topological polar surface area (TPSA) is 92.5 Å². The maximum absolute atomic E-state index is 13.2. The van der Waals surface area contributed by atoms with E-state index in [4.69, 9.17) is 16.0 Å². The number of fused-ring (bicyclic) bond motifs is 1. The molecule has 0 saturated heterocycles. The van der Waals surface area contributed by atoms with Crippen molar-refractivity contribution < 1.29 is 30.8 Å². The molecule has 2 aromatic carbocycles. The van der Waals surface area contributed by atoms with Gasteiger partial charge >= 0.3 is 6.18 Å². The summed E-state index contributed by atoms with van der Waals surface area (Å²) in [6.45, 7) is 4.10. The van der Waals surface area contributed by atoms with Gasteiger partial charge < -0.3 is 9.73 Å². The van der Waals surface area contributed by atoms with Gasteiger partial charge in [-0.05, 0) is 36.4 Å². The number of thioether (sulfide) groups is 1. The third kappa shape index (κ3) is 5.81. The monoisotopic (exact) mass is 521 g/mol. The number of nitrogens with one attached hydrogen (secondary N) is 1. The Kier molecular flexibility index (Phi) is 7.62. The molecule has 7 nitrogen and oxygen atoms in total. The van der Waals surface area contributed by atoms with Crippen molar-refractivity contribution in [1.29, 1.82) is 0 Å². The second kappa shape index (κ2) is 9.92. The number of oxazole rings is 1. The Labute approximate surface area is 197 Å². The van der Waals surface area contributed by atoms with Crippen molar-refractivity contribution >= 4 is 56.1 Å². The number of amides is 1. The number of sulfonamides is 1. The zero-order valence-corrected chi connectivity index (χ0v) is 19.8. The highest BCUT2D eigenvalue weighted by Gasteiger charge is 2.34. The van der Waals surface area contributed by atoms with E-state index in [-0.39, 0.29) is 26.4 Å². The van der Waals surface area contributed by atoms with Crippen molar-refractivity contribution in [2.75, 3.05) is 24.2 Å². The summed E-state index contributed by atoms with van der Waals surface area (Å²) in [6, 6.07) is 7.29. The Morgan fingerprint density at radius 1 is 1.18 bits per heavy atom. The number of anilines is 1. The average Bonchev–Trinajstić information content (AvgIpc) is 3.15. The molecule has 13 heteroatoms. The van der Waals surface area contributed by atoms with Gasteiger partial charge in [-0.25, -0.2) is 13.4 Å². The van der Waals surface area contributed by atoms with E-state index in [1.807, 2.05) is 0 Å². The average molecular weight is 522 g/mol. The van der Waals surface area contributed by atoms with Crippen LogP contribution in [0.3, 0.4) is 0 Å². The lowest BCUT2D eigenvalue weighted by Gasteiger charge is -2.18. The van der Waals surface area contributed by atoms with E-state index in [2.05, 4.69) is 10.3 Å². The summed E-state index contributed by atoms with van der Waals surface area (Å²) in [5, 5.41) is 2.18. The lowest BCUT2D eigenvalue weighted by Crippen LogP contribution is -2.30. The van der Waals surface area contributed by atoms with Gasteiger partial charge in [0.05, 0.1) is 21.9 Å². The summed E-state index contributed by atoms with van der Waals surface area (Å²) in [7, 11) is -3.68. The molecule has 0 spiro atoms. The fourth-order valence-electron chi connectivity index (χ4n) is 2.99. The Bertz CT molecular complexity index is 1280. The van der Waals surface area contributed by atoms with Crippen molar-refractivity contribution in [3.63, 3.8) is 0 Å². The normalized spacial score (nSPS) is 12.5. The van der Waals surface area contributed by atoms with Gasteiger partial charge in [-0.1, -0.05) is 37.2 Å². The molecule has 0 fully saturated rings. The highest BCUT2D eigenvalue weighted by Crippen LogP contribution is 2.36. The summed E-state index contributed by atoms with van der Waals surface area (Å²) < 4.78 is 71.7. The molecule has 3 rings (SSSR count). The first-order valence-corrected chi connectivity index (χ1v) is 12.5. The number of aromatic nitrogens is 1. The molecule has 3 aromatic rings. The summed E-state index contributed by atoms with van der Waals surface area (Å²) in [4.78, 5) is 16.4. The Morgan fingerprint density at radius 2 is 1.88 bits per heavy atom. The summed E-state index contributed by atoms with van der Waals surface area (Å²) in [5.74, 6) is -0.989. The van der Waals surface area contributed by atoms with E-state index in [1.54, 1.807) is 13.8 Å². The maximum Gasteiger partial charge on any atom is 0.418 e. The number of hydrogen-bond donors (Lipinski definition) is 1. The second-order valence-electron chi connectivity index (χ2n) is 6.72. The van der Waals surface area contributed by atoms with E-state index >= 15 is 0 Å². The molecule has 0 radical (unpaired) electrons. The molecule has 0 bridgehead atoms. The summed E-state index contributed by atoms with van der Waals surface area (Å²) in [5.41, 5.74) is -0.880. The van der Waals surface area contributed by atoms with Gasteiger partial charge in [0.1, 0.15) is 5.52 Å². The molecule has 0 aliphatic heterocycles. The third-order valence-electron chi connectivity index (χ3n) is 4.57. The predicted octanol–water partition coefficient (Wildman–Crippen LogP) is 5.26. The van der Waals surface area contributed by atoms with Crippen LogP contribution in [0.15, 0.2) is 50.9 Å². The van der Waals surface area contributed by atoms with E-state index in [1.165, 1.54) is 28.6 Å². The molecule has 1 amide bonds. The van der Waals surface area contributed by atoms with E-state index in [0.29, 0.717) is 18.7 Å². The number of rotatable bonds is 8. The van der Waals surface area contributed by atoms with Crippen LogP contribution in [0.2, 0.25) is 5.02 Å². The zero-order chi connectivity index (χ0) is 24.4. The highest BCUT2D eigenvalue weighted by atomic mass is 35.5. The van der Waals surface area contributed by atoms with Crippen molar-refractivity contribution in [3.8, 4) is 0 Å². The maximum atomic E-state index is 13.2.